The highest BCUT2D eigenvalue weighted by atomic mass is 16.4. The van der Waals surface area contributed by atoms with Gasteiger partial charge in [0, 0.05) is 17.7 Å². The van der Waals surface area contributed by atoms with Crippen LogP contribution in [0.1, 0.15) is 60.9 Å². The molecule has 0 aromatic heterocycles. The summed E-state index contributed by atoms with van der Waals surface area (Å²) in [4.78, 5) is 35.7. The van der Waals surface area contributed by atoms with Gasteiger partial charge in [0.1, 0.15) is 5.54 Å². The summed E-state index contributed by atoms with van der Waals surface area (Å²) in [6.45, 7) is 0. The van der Waals surface area contributed by atoms with Gasteiger partial charge in [-0.2, -0.15) is 0 Å². The summed E-state index contributed by atoms with van der Waals surface area (Å²) in [5, 5.41) is 15.1. The molecule has 0 atom stereocenters. The predicted molar refractivity (Wildman–Crippen MR) is 97.6 cm³/mol. The predicted octanol–water partition coefficient (Wildman–Crippen LogP) is 2.50. The fraction of sp³-hybridized carbons (Fsp3) is 0.450. The first-order valence-corrected chi connectivity index (χ1v) is 9.13. The molecular formula is C20H24N2O4. The zero-order chi connectivity index (χ0) is 18.6. The minimum Gasteiger partial charge on any atom is -0.480 e. The van der Waals surface area contributed by atoms with Crippen LogP contribution >= 0.6 is 0 Å². The highest BCUT2D eigenvalue weighted by Gasteiger charge is 2.40. The Kier molecular flexibility index (Phi) is 5.40. The van der Waals surface area contributed by atoms with Crippen LogP contribution in [0.5, 0.6) is 0 Å². The van der Waals surface area contributed by atoms with Gasteiger partial charge in [-0.1, -0.05) is 31.4 Å². The van der Waals surface area contributed by atoms with E-state index in [0.717, 1.165) is 37.7 Å². The van der Waals surface area contributed by atoms with E-state index in [-0.39, 0.29) is 5.91 Å². The highest BCUT2D eigenvalue weighted by Crippen LogP contribution is 2.28. The van der Waals surface area contributed by atoms with Crippen molar-refractivity contribution in [1.29, 1.82) is 0 Å². The third-order valence-electron chi connectivity index (χ3n) is 4.99. The Morgan fingerprint density at radius 1 is 1.04 bits per heavy atom. The van der Waals surface area contributed by atoms with Crippen LogP contribution in [0, 0.1) is 0 Å². The van der Waals surface area contributed by atoms with Gasteiger partial charge in [-0.05, 0) is 49.5 Å². The van der Waals surface area contributed by atoms with E-state index in [0.29, 0.717) is 24.4 Å². The fourth-order valence-corrected chi connectivity index (χ4v) is 3.24. The second-order valence-corrected chi connectivity index (χ2v) is 7.14. The third-order valence-corrected chi connectivity index (χ3v) is 4.99. The fourth-order valence-electron chi connectivity index (χ4n) is 3.24. The third kappa shape index (κ3) is 4.50. The summed E-state index contributed by atoms with van der Waals surface area (Å²) in [5.41, 5.74) is 0.214. The molecule has 0 saturated heterocycles. The van der Waals surface area contributed by atoms with E-state index in [4.69, 9.17) is 0 Å². The average Bonchev–Trinajstić information content (AvgIpc) is 3.45. The molecule has 6 heteroatoms. The van der Waals surface area contributed by atoms with E-state index in [2.05, 4.69) is 10.6 Å². The Bertz CT molecular complexity index is 714. The van der Waals surface area contributed by atoms with Gasteiger partial charge < -0.3 is 15.7 Å². The van der Waals surface area contributed by atoms with Crippen LogP contribution in [-0.4, -0.2) is 34.5 Å². The van der Waals surface area contributed by atoms with Gasteiger partial charge in [-0.3, -0.25) is 9.59 Å². The molecule has 0 heterocycles. The molecule has 6 nitrogen and oxygen atoms in total. The van der Waals surface area contributed by atoms with Crippen LogP contribution in [-0.2, 0) is 9.59 Å². The number of hydrogen-bond acceptors (Lipinski definition) is 3. The zero-order valence-corrected chi connectivity index (χ0v) is 14.7. The molecule has 2 fully saturated rings. The van der Waals surface area contributed by atoms with Crippen molar-refractivity contribution in [3.8, 4) is 0 Å². The summed E-state index contributed by atoms with van der Waals surface area (Å²) >= 11 is 0. The molecule has 0 bridgehead atoms. The summed E-state index contributed by atoms with van der Waals surface area (Å²) in [7, 11) is 0. The molecule has 2 aliphatic carbocycles. The number of aliphatic carboxylic acids is 1. The van der Waals surface area contributed by atoms with E-state index in [1.807, 2.05) is 0 Å². The van der Waals surface area contributed by atoms with E-state index >= 15 is 0 Å². The van der Waals surface area contributed by atoms with E-state index in [1.54, 1.807) is 30.3 Å². The molecule has 2 aliphatic rings. The number of carbonyl (C=O) groups excluding carboxylic acids is 2. The van der Waals surface area contributed by atoms with Gasteiger partial charge in [-0.15, -0.1) is 0 Å². The molecule has 0 aliphatic heterocycles. The quantitative estimate of drug-likeness (QED) is 0.683. The molecule has 3 rings (SSSR count). The Labute approximate surface area is 152 Å². The Morgan fingerprint density at radius 3 is 2.27 bits per heavy atom. The van der Waals surface area contributed by atoms with E-state index in [1.165, 1.54) is 6.08 Å². The lowest BCUT2D eigenvalue weighted by Gasteiger charge is -2.33. The lowest BCUT2D eigenvalue weighted by Crippen LogP contribution is -2.55. The first kappa shape index (κ1) is 18.2. The minimum absolute atomic E-state index is 0.0820. The molecule has 0 spiro atoms. The lowest BCUT2D eigenvalue weighted by atomic mass is 9.81. The second-order valence-electron chi connectivity index (χ2n) is 7.14. The smallest absolute Gasteiger partial charge is 0.329 e. The number of carbonyl (C=O) groups is 3. The van der Waals surface area contributed by atoms with Crippen LogP contribution in [0.2, 0.25) is 0 Å². The second kappa shape index (κ2) is 7.72. The number of hydrogen-bond donors (Lipinski definition) is 3. The van der Waals surface area contributed by atoms with Crippen LogP contribution in [0.25, 0.3) is 6.08 Å². The number of benzene rings is 1. The van der Waals surface area contributed by atoms with Crippen LogP contribution in [0.15, 0.2) is 30.3 Å². The Hall–Kier alpha value is -2.63. The van der Waals surface area contributed by atoms with Gasteiger partial charge in [0.2, 0.25) is 5.91 Å². The number of carboxylic acids is 1. The van der Waals surface area contributed by atoms with Gasteiger partial charge in [-0.25, -0.2) is 4.79 Å². The normalized spacial score (nSPS) is 19.1. The van der Waals surface area contributed by atoms with Crippen LogP contribution in [0.3, 0.4) is 0 Å². The molecule has 1 aromatic rings. The van der Waals surface area contributed by atoms with Crippen molar-refractivity contribution < 1.29 is 19.5 Å². The molecule has 2 amide bonds. The first-order chi connectivity index (χ1) is 12.5. The summed E-state index contributed by atoms with van der Waals surface area (Å²) in [6, 6.07) is 7.27. The molecule has 138 valence electrons. The largest absolute Gasteiger partial charge is 0.480 e. The van der Waals surface area contributed by atoms with Gasteiger partial charge in [0.25, 0.3) is 5.91 Å². The van der Waals surface area contributed by atoms with Crippen molar-refractivity contribution in [3.05, 3.63) is 41.5 Å². The Morgan fingerprint density at radius 2 is 1.69 bits per heavy atom. The van der Waals surface area contributed by atoms with E-state index in [9.17, 15) is 19.5 Å². The number of nitrogens with one attached hydrogen (secondary N) is 2. The molecule has 1 aromatic carbocycles. The molecular weight excluding hydrogens is 332 g/mol. The van der Waals surface area contributed by atoms with Crippen LogP contribution < -0.4 is 10.6 Å². The maximum absolute atomic E-state index is 12.2. The summed E-state index contributed by atoms with van der Waals surface area (Å²) in [6.07, 6.45) is 8.59. The maximum atomic E-state index is 12.2. The minimum atomic E-state index is -1.15. The first-order valence-electron chi connectivity index (χ1n) is 9.13. The van der Waals surface area contributed by atoms with Gasteiger partial charge in [0.05, 0.1) is 0 Å². The van der Waals surface area contributed by atoms with E-state index < -0.39 is 17.4 Å². The standard InChI is InChI=1S/C20H24N2O4/c23-17(22-20(19(25)26)12-2-1-3-13-20)11-6-14-4-7-15(8-5-14)18(24)21-16-9-10-16/h4-8,11,16H,1-3,9-10,12-13H2,(H,21,24)(H,22,23)(H,25,26)/b11-6+. The van der Waals surface area contributed by atoms with Crippen molar-refractivity contribution in [1.82, 2.24) is 10.6 Å². The van der Waals surface area contributed by atoms with Gasteiger partial charge >= 0.3 is 5.97 Å². The summed E-state index contributed by atoms with van der Waals surface area (Å²) < 4.78 is 0. The number of rotatable bonds is 6. The topological polar surface area (TPSA) is 95.5 Å². The van der Waals surface area contributed by atoms with Gasteiger partial charge in [0.15, 0.2) is 0 Å². The number of amides is 2. The molecule has 3 N–H and O–H groups in total. The Balaban J connectivity index is 1.58. The van der Waals surface area contributed by atoms with Crippen molar-refractivity contribution in [2.45, 2.75) is 56.5 Å². The lowest BCUT2D eigenvalue weighted by molar-refractivity contribution is -0.148. The average molecular weight is 356 g/mol. The molecule has 0 unspecified atom stereocenters. The monoisotopic (exact) mass is 356 g/mol. The van der Waals surface area contributed by atoms with Crippen LogP contribution in [0.4, 0.5) is 0 Å². The van der Waals surface area contributed by atoms with Crippen molar-refractivity contribution in [2.75, 3.05) is 0 Å². The highest BCUT2D eigenvalue weighted by molar-refractivity contribution is 5.96. The SMILES string of the molecule is O=C(/C=C/c1ccc(C(=O)NC2CC2)cc1)NC1(C(=O)O)CCCCC1. The summed E-state index contributed by atoms with van der Waals surface area (Å²) in [5.74, 6) is -1.46. The molecule has 0 radical (unpaired) electrons. The van der Waals surface area contributed by atoms with Crippen molar-refractivity contribution in [2.24, 2.45) is 0 Å². The maximum Gasteiger partial charge on any atom is 0.329 e. The molecule has 2 saturated carbocycles. The number of carboxylic acid groups (broad SMARTS) is 1. The van der Waals surface area contributed by atoms with Crippen molar-refractivity contribution in [3.63, 3.8) is 0 Å². The zero-order valence-electron chi connectivity index (χ0n) is 14.7. The molecule has 26 heavy (non-hydrogen) atoms. The van der Waals surface area contributed by atoms with Crippen molar-refractivity contribution >= 4 is 23.9 Å².